The van der Waals surface area contributed by atoms with E-state index in [9.17, 15) is 9.90 Å². The molecule has 0 aromatic carbocycles. The molecule has 0 saturated carbocycles. The number of hydrogen-bond donors (Lipinski definition) is 2. The summed E-state index contributed by atoms with van der Waals surface area (Å²) in [5.74, 6) is 0.944. The van der Waals surface area contributed by atoms with Crippen LogP contribution < -0.4 is 5.32 Å². The van der Waals surface area contributed by atoms with E-state index in [1.54, 1.807) is 0 Å². The Labute approximate surface area is 141 Å². The first-order valence-corrected chi connectivity index (χ1v) is 9.50. The van der Waals surface area contributed by atoms with Crippen LogP contribution in [0.4, 0.5) is 0 Å². The molecule has 2 aliphatic heterocycles. The van der Waals surface area contributed by atoms with Crippen molar-refractivity contribution in [3.05, 3.63) is 0 Å². The number of rotatable bonds is 7. The molecule has 2 heterocycles. The Morgan fingerprint density at radius 3 is 2.61 bits per heavy atom. The number of piperidine rings is 2. The fourth-order valence-electron chi connectivity index (χ4n) is 3.98. The maximum atomic E-state index is 12.4. The molecule has 0 aliphatic carbocycles. The Morgan fingerprint density at radius 1 is 1.22 bits per heavy atom. The van der Waals surface area contributed by atoms with Crippen LogP contribution >= 0.6 is 0 Å². The van der Waals surface area contributed by atoms with Crippen molar-refractivity contribution in [3.63, 3.8) is 0 Å². The summed E-state index contributed by atoms with van der Waals surface area (Å²) in [5.41, 5.74) is 0. The maximum absolute atomic E-state index is 12.4. The number of likely N-dealkylation sites (tertiary alicyclic amines) is 2. The molecule has 134 valence electrons. The Hall–Kier alpha value is -0.650. The fourth-order valence-corrected chi connectivity index (χ4v) is 3.98. The summed E-state index contributed by atoms with van der Waals surface area (Å²) in [6.07, 6.45) is 6.76. The zero-order valence-corrected chi connectivity index (χ0v) is 15.0. The number of nitrogens with one attached hydrogen (secondary N) is 1. The lowest BCUT2D eigenvalue weighted by atomic mass is 9.96. The van der Waals surface area contributed by atoms with Crippen molar-refractivity contribution in [1.29, 1.82) is 0 Å². The minimum absolute atomic E-state index is 0.238. The number of nitrogens with zero attached hydrogens (tertiary/aromatic N) is 2. The zero-order chi connectivity index (χ0) is 16.7. The first-order valence-electron chi connectivity index (χ1n) is 9.50. The van der Waals surface area contributed by atoms with Crippen molar-refractivity contribution in [2.24, 2.45) is 5.92 Å². The molecule has 2 fully saturated rings. The molecule has 0 aromatic rings. The Kier molecular flexibility index (Phi) is 7.80. The summed E-state index contributed by atoms with van der Waals surface area (Å²) in [5, 5.41) is 12.8. The van der Waals surface area contributed by atoms with Gasteiger partial charge in [-0.3, -0.25) is 4.79 Å². The van der Waals surface area contributed by atoms with Gasteiger partial charge in [-0.1, -0.05) is 6.92 Å². The van der Waals surface area contributed by atoms with Crippen LogP contribution in [-0.4, -0.2) is 72.2 Å². The van der Waals surface area contributed by atoms with Crippen LogP contribution in [0.3, 0.4) is 0 Å². The highest BCUT2D eigenvalue weighted by Crippen LogP contribution is 2.19. The summed E-state index contributed by atoms with van der Waals surface area (Å²) in [7, 11) is 0. The standard InChI is InChI=1S/C18H35N3O2/c1-3-17-6-4-5-9-21(17)18(23)13-19-12-16-7-10-20(11-8-16)14-15(2)22/h15-17,19,22H,3-14H2,1-2H3/t15-,17+/m1/s1. The van der Waals surface area contributed by atoms with Crippen molar-refractivity contribution in [1.82, 2.24) is 15.1 Å². The van der Waals surface area contributed by atoms with Gasteiger partial charge in [-0.15, -0.1) is 0 Å². The molecule has 2 saturated heterocycles. The zero-order valence-electron chi connectivity index (χ0n) is 15.0. The van der Waals surface area contributed by atoms with Crippen LogP contribution in [-0.2, 0) is 4.79 Å². The van der Waals surface area contributed by atoms with Gasteiger partial charge in [0.15, 0.2) is 0 Å². The van der Waals surface area contributed by atoms with Crippen molar-refractivity contribution >= 4 is 5.91 Å². The topological polar surface area (TPSA) is 55.8 Å². The third-order valence-electron chi connectivity index (χ3n) is 5.36. The van der Waals surface area contributed by atoms with E-state index in [2.05, 4.69) is 22.0 Å². The molecule has 0 radical (unpaired) electrons. The van der Waals surface area contributed by atoms with E-state index in [1.807, 2.05) is 6.92 Å². The van der Waals surface area contributed by atoms with Gasteiger partial charge in [-0.25, -0.2) is 0 Å². The minimum Gasteiger partial charge on any atom is -0.392 e. The van der Waals surface area contributed by atoms with Gasteiger partial charge in [0.2, 0.25) is 5.91 Å². The summed E-state index contributed by atoms with van der Waals surface area (Å²) >= 11 is 0. The number of carbonyl (C=O) groups excluding carboxylic acids is 1. The Morgan fingerprint density at radius 2 is 1.96 bits per heavy atom. The van der Waals surface area contributed by atoms with E-state index in [0.29, 0.717) is 18.5 Å². The number of aliphatic hydroxyl groups is 1. The molecule has 5 nitrogen and oxygen atoms in total. The second-order valence-electron chi connectivity index (χ2n) is 7.37. The van der Waals surface area contributed by atoms with Gasteiger partial charge in [-0.05, 0) is 71.0 Å². The van der Waals surface area contributed by atoms with Crippen LogP contribution in [0.2, 0.25) is 0 Å². The number of aliphatic hydroxyl groups excluding tert-OH is 1. The van der Waals surface area contributed by atoms with Crippen molar-refractivity contribution in [2.45, 2.75) is 64.5 Å². The maximum Gasteiger partial charge on any atom is 0.236 e. The summed E-state index contributed by atoms with van der Waals surface area (Å²) in [4.78, 5) is 16.8. The van der Waals surface area contributed by atoms with Crippen LogP contribution in [0, 0.1) is 5.92 Å². The molecule has 2 rings (SSSR count). The lowest BCUT2D eigenvalue weighted by molar-refractivity contribution is -0.134. The van der Waals surface area contributed by atoms with Crippen LogP contribution in [0.15, 0.2) is 0 Å². The molecule has 0 unspecified atom stereocenters. The number of hydrogen-bond acceptors (Lipinski definition) is 4. The van der Waals surface area contributed by atoms with Crippen LogP contribution in [0.1, 0.15) is 52.4 Å². The van der Waals surface area contributed by atoms with E-state index in [0.717, 1.165) is 58.4 Å². The van der Waals surface area contributed by atoms with E-state index in [-0.39, 0.29) is 12.0 Å². The van der Waals surface area contributed by atoms with Crippen LogP contribution in [0.5, 0.6) is 0 Å². The molecule has 0 bridgehead atoms. The summed E-state index contributed by atoms with van der Waals surface area (Å²) in [6.45, 7) is 9.32. The molecule has 1 amide bonds. The largest absolute Gasteiger partial charge is 0.392 e. The molecular formula is C18H35N3O2. The molecule has 0 spiro atoms. The second-order valence-corrected chi connectivity index (χ2v) is 7.37. The molecule has 2 N–H and O–H groups in total. The average Bonchev–Trinajstić information content (AvgIpc) is 2.55. The quantitative estimate of drug-likeness (QED) is 0.744. The number of carbonyl (C=O) groups is 1. The van der Waals surface area contributed by atoms with Gasteiger partial charge in [-0.2, -0.15) is 0 Å². The SMILES string of the molecule is CC[C@H]1CCCCN1C(=O)CNCC1CCN(C[C@@H](C)O)CC1. The number of amides is 1. The lowest BCUT2D eigenvalue weighted by Crippen LogP contribution is -2.48. The third-order valence-corrected chi connectivity index (χ3v) is 5.36. The van der Waals surface area contributed by atoms with Gasteiger partial charge >= 0.3 is 0 Å². The van der Waals surface area contributed by atoms with Gasteiger partial charge in [0.1, 0.15) is 0 Å². The second kappa shape index (κ2) is 9.60. The first-order chi connectivity index (χ1) is 11.1. The Bertz CT molecular complexity index is 354. The highest BCUT2D eigenvalue weighted by atomic mass is 16.3. The summed E-state index contributed by atoms with van der Waals surface area (Å²) in [6, 6.07) is 0.460. The molecule has 0 aromatic heterocycles. The van der Waals surface area contributed by atoms with E-state index < -0.39 is 0 Å². The molecule has 2 atom stereocenters. The minimum atomic E-state index is -0.238. The molecule has 23 heavy (non-hydrogen) atoms. The van der Waals surface area contributed by atoms with Gasteiger partial charge in [0.05, 0.1) is 12.6 Å². The first kappa shape index (κ1) is 18.7. The van der Waals surface area contributed by atoms with Gasteiger partial charge in [0, 0.05) is 19.1 Å². The van der Waals surface area contributed by atoms with Gasteiger partial charge < -0.3 is 20.2 Å². The lowest BCUT2D eigenvalue weighted by Gasteiger charge is -2.36. The van der Waals surface area contributed by atoms with E-state index in [4.69, 9.17) is 0 Å². The average molecular weight is 325 g/mol. The van der Waals surface area contributed by atoms with Gasteiger partial charge in [0.25, 0.3) is 0 Å². The summed E-state index contributed by atoms with van der Waals surface area (Å²) < 4.78 is 0. The van der Waals surface area contributed by atoms with Crippen molar-refractivity contribution in [2.75, 3.05) is 39.3 Å². The smallest absolute Gasteiger partial charge is 0.236 e. The molecular weight excluding hydrogens is 290 g/mol. The van der Waals surface area contributed by atoms with E-state index >= 15 is 0 Å². The normalized spacial score (nSPS) is 25.5. The molecule has 2 aliphatic rings. The monoisotopic (exact) mass is 325 g/mol. The van der Waals surface area contributed by atoms with Crippen molar-refractivity contribution < 1.29 is 9.90 Å². The number of β-amino-alcohol motifs (C(OH)–C–C–N with tert-alkyl or cyclic N) is 1. The van der Waals surface area contributed by atoms with Crippen LogP contribution in [0.25, 0.3) is 0 Å². The van der Waals surface area contributed by atoms with E-state index in [1.165, 1.54) is 12.8 Å². The Balaban J connectivity index is 1.62. The highest BCUT2D eigenvalue weighted by molar-refractivity contribution is 5.78. The predicted octanol–water partition coefficient (Wildman–Crippen LogP) is 1.46. The fraction of sp³-hybridized carbons (Fsp3) is 0.944. The van der Waals surface area contributed by atoms with Crippen molar-refractivity contribution in [3.8, 4) is 0 Å². The highest BCUT2D eigenvalue weighted by Gasteiger charge is 2.25. The third kappa shape index (κ3) is 6.05. The predicted molar refractivity (Wildman–Crippen MR) is 93.4 cm³/mol. The molecule has 5 heteroatoms.